The van der Waals surface area contributed by atoms with Crippen molar-refractivity contribution in [2.45, 2.75) is 52.2 Å². The van der Waals surface area contributed by atoms with Gasteiger partial charge in [0, 0.05) is 19.0 Å². The molecule has 0 bridgehead atoms. The highest BCUT2D eigenvalue weighted by Gasteiger charge is 2.39. The molecule has 1 saturated heterocycles. The molecular formula is C12H24N2O5S. The molecule has 1 heterocycles. The highest BCUT2D eigenvalue weighted by molar-refractivity contribution is 7.87. The van der Waals surface area contributed by atoms with Gasteiger partial charge in [-0.05, 0) is 41.0 Å². The van der Waals surface area contributed by atoms with Crippen LogP contribution in [0.15, 0.2) is 0 Å². The Morgan fingerprint density at radius 3 is 2.25 bits per heavy atom. The van der Waals surface area contributed by atoms with Crippen LogP contribution in [0.3, 0.4) is 0 Å². The van der Waals surface area contributed by atoms with Gasteiger partial charge < -0.3 is 9.84 Å². The summed E-state index contributed by atoms with van der Waals surface area (Å²) >= 11 is 0. The monoisotopic (exact) mass is 308 g/mol. The number of nitrogens with zero attached hydrogens (tertiary/aromatic N) is 1. The van der Waals surface area contributed by atoms with Crippen LogP contribution in [0.4, 0.5) is 4.79 Å². The first-order valence-electron chi connectivity index (χ1n) is 6.54. The van der Waals surface area contributed by atoms with Crippen molar-refractivity contribution in [3.63, 3.8) is 0 Å². The fraction of sp³-hybridized carbons (Fsp3) is 0.917. The highest BCUT2D eigenvalue weighted by Crippen LogP contribution is 2.28. The Kier molecular flexibility index (Phi) is 4.72. The van der Waals surface area contributed by atoms with Crippen LogP contribution in [0.2, 0.25) is 0 Å². The molecular weight excluding hydrogens is 284 g/mol. The van der Waals surface area contributed by atoms with Gasteiger partial charge in [0.15, 0.2) is 0 Å². The van der Waals surface area contributed by atoms with Crippen molar-refractivity contribution >= 4 is 16.3 Å². The second-order valence-electron chi connectivity index (χ2n) is 6.61. The van der Waals surface area contributed by atoms with E-state index in [-0.39, 0.29) is 19.0 Å². The van der Waals surface area contributed by atoms with Gasteiger partial charge in [-0.2, -0.15) is 12.7 Å². The molecule has 1 aliphatic rings. The fourth-order valence-corrected chi connectivity index (χ4v) is 3.10. The van der Waals surface area contributed by atoms with Crippen LogP contribution >= 0.6 is 0 Å². The number of amides is 1. The van der Waals surface area contributed by atoms with E-state index in [1.807, 2.05) is 4.72 Å². The average molecular weight is 308 g/mol. The summed E-state index contributed by atoms with van der Waals surface area (Å²) in [5.74, 6) is -0.155. The summed E-state index contributed by atoms with van der Waals surface area (Å²) in [4.78, 5) is 11.5. The highest BCUT2D eigenvalue weighted by atomic mass is 32.2. The molecule has 1 aliphatic heterocycles. The van der Waals surface area contributed by atoms with Crippen LogP contribution in [0.5, 0.6) is 0 Å². The van der Waals surface area contributed by atoms with Gasteiger partial charge in [-0.1, -0.05) is 0 Å². The molecule has 0 aromatic rings. The summed E-state index contributed by atoms with van der Waals surface area (Å²) in [6.07, 6.45) is -0.442. The summed E-state index contributed by atoms with van der Waals surface area (Å²) in [6.45, 7) is 8.71. The standard InChI is InChI=1S/C12H24N2O5S/c1-11(2,3)19-10(15)13-20(17,18)14-7-6-9(8-14)12(4,5)16/h9,16H,6-8H2,1-5H3,(H,13,15). The normalized spacial score (nSPS) is 21.8. The Labute approximate surface area is 120 Å². The maximum atomic E-state index is 12.0. The number of carbonyl (C=O) groups is 1. The molecule has 0 aromatic carbocycles. The first kappa shape index (κ1) is 17.2. The van der Waals surface area contributed by atoms with E-state index >= 15 is 0 Å². The molecule has 0 radical (unpaired) electrons. The third-order valence-corrected chi connectivity index (χ3v) is 4.54. The van der Waals surface area contributed by atoms with Crippen LogP contribution in [0.25, 0.3) is 0 Å². The van der Waals surface area contributed by atoms with Crippen LogP contribution in [0.1, 0.15) is 41.0 Å². The molecule has 0 aromatic heterocycles. The fourth-order valence-electron chi connectivity index (χ4n) is 1.99. The smallest absolute Gasteiger partial charge is 0.422 e. The summed E-state index contributed by atoms with van der Waals surface area (Å²) in [5.41, 5.74) is -1.71. The molecule has 1 rings (SSSR count). The molecule has 2 N–H and O–H groups in total. The second-order valence-corrected chi connectivity index (χ2v) is 8.28. The molecule has 0 spiro atoms. The zero-order valence-electron chi connectivity index (χ0n) is 12.6. The molecule has 1 atom stereocenters. The Morgan fingerprint density at radius 1 is 1.30 bits per heavy atom. The topological polar surface area (TPSA) is 95.9 Å². The van der Waals surface area contributed by atoms with E-state index in [4.69, 9.17) is 4.74 Å². The van der Waals surface area contributed by atoms with Gasteiger partial charge >= 0.3 is 16.3 Å². The van der Waals surface area contributed by atoms with Crippen molar-refractivity contribution in [2.24, 2.45) is 5.92 Å². The molecule has 1 unspecified atom stereocenters. The van der Waals surface area contributed by atoms with Crippen molar-refractivity contribution in [3.8, 4) is 0 Å². The van der Waals surface area contributed by atoms with E-state index < -0.39 is 27.5 Å². The molecule has 1 fully saturated rings. The lowest BCUT2D eigenvalue weighted by molar-refractivity contribution is 0.0236. The van der Waals surface area contributed by atoms with Crippen molar-refractivity contribution < 1.29 is 23.1 Å². The summed E-state index contributed by atoms with van der Waals surface area (Å²) < 4.78 is 32.0. The lowest BCUT2D eigenvalue weighted by Gasteiger charge is -2.25. The predicted molar refractivity (Wildman–Crippen MR) is 74.3 cm³/mol. The Balaban J connectivity index is 2.65. The quantitative estimate of drug-likeness (QED) is 0.806. The van der Waals surface area contributed by atoms with Crippen LogP contribution in [0, 0.1) is 5.92 Å². The summed E-state index contributed by atoms with van der Waals surface area (Å²) in [5, 5.41) is 9.90. The molecule has 20 heavy (non-hydrogen) atoms. The van der Waals surface area contributed by atoms with E-state index in [1.165, 1.54) is 0 Å². The lowest BCUT2D eigenvalue weighted by Crippen LogP contribution is -2.45. The molecule has 118 valence electrons. The number of nitrogens with one attached hydrogen (secondary N) is 1. The zero-order chi connectivity index (χ0) is 15.8. The van der Waals surface area contributed by atoms with E-state index in [0.717, 1.165) is 4.31 Å². The van der Waals surface area contributed by atoms with E-state index in [0.29, 0.717) is 6.42 Å². The van der Waals surface area contributed by atoms with Gasteiger partial charge in [-0.25, -0.2) is 9.52 Å². The Bertz CT molecular complexity index is 461. The minimum atomic E-state index is -3.93. The number of ether oxygens (including phenoxy) is 1. The van der Waals surface area contributed by atoms with Gasteiger partial charge in [-0.3, -0.25) is 0 Å². The van der Waals surface area contributed by atoms with Crippen LogP contribution in [-0.4, -0.2) is 48.2 Å². The third kappa shape index (κ3) is 4.92. The second kappa shape index (κ2) is 5.50. The van der Waals surface area contributed by atoms with Crippen LogP contribution < -0.4 is 4.72 Å². The number of aliphatic hydroxyl groups is 1. The third-order valence-electron chi connectivity index (χ3n) is 3.10. The van der Waals surface area contributed by atoms with Gasteiger partial charge in [0.25, 0.3) is 0 Å². The van der Waals surface area contributed by atoms with Gasteiger partial charge in [0.2, 0.25) is 0 Å². The maximum absolute atomic E-state index is 12.0. The largest absolute Gasteiger partial charge is 0.443 e. The predicted octanol–water partition coefficient (Wildman–Crippen LogP) is 0.849. The van der Waals surface area contributed by atoms with Gasteiger partial charge in [0.1, 0.15) is 5.60 Å². The summed E-state index contributed by atoms with van der Waals surface area (Å²) in [7, 11) is -3.93. The molecule has 8 heteroatoms. The minimum Gasteiger partial charge on any atom is -0.443 e. The van der Waals surface area contributed by atoms with E-state index in [9.17, 15) is 18.3 Å². The number of hydrogen-bond donors (Lipinski definition) is 2. The number of carbonyl (C=O) groups excluding carboxylic acids is 1. The average Bonchev–Trinajstić information content (AvgIpc) is 2.60. The van der Waals surface area contributed by atoms with E-state index in [2.05, 4.69) is 0 Å². The molecule has 0 aliphatic carbocycles. The minimum absolute atomic E-state index is 0.155. The maximum Gasteiger partial charge on any atom is 0.422 e. The molecule has 0 saturated carbocycles. The molecule has 1 amide bonds. The first-order chi connectivity index (χ1) is 8.81. The van der Waals surface area contributed by atoms with Gasteiger partial charge in [0.05, 0.1) is 5.60 Å². The SMILES string of the molecule is CC(C)(C)OC(=O)NS(=O)(=O)N1CCC(C(C)(C)O)C1. The van der Waals surface area contributed by atoms with E-state index in [1.54, 1.807) is 34.6 Å². The lowest BCUT2D eigenvalue weighted by atomic mass is 9.91. The Hall–Kier alpha value is -0.860. The van der Waals surface area contributed by atoms with Crippen LogP contribution in [-0.2, 0) is 14.9 Å². The van der Waals surface area contributed by atoms with Gasteiger partial charge in [-0.15, -0.1) is 0 Å². The van der Waals surface area contributed by atoms with Crippen molar-refractivity contribution in [3.05, 3.63) is 0 Å². The first-order valence-corrected chi connectivity index (χ1v) is 7.98. The van der Waals surface area contributed by atoms with Crippen molar-refractivity contribution in [2.75, 3.05) is 13.1 Å². The number of rotatable bonds is 3. The summed E-state index contributed by atoms with van der Waals surface area (Å²) in [6, 6.07) is 0. The molecule has 7 nitrogen and oxygen atoms in total. The zero-order valence-corrected chi connectivity index (χ0v) is 13.5. The number of hydrogen-bond acceptors (Lipinski definition) is 5. The van der Waals surface area contributed by atoms with Crippen molar-refractivity contribution in [1.29, 1.82) is 0 Å². The Morgan fingerprint density at radius 2 is 1.85 bits per heavy atom. The van der Waals surface area contributed by atoms with Crippen molar-refractivity contribution in [1.82, 2.24) is 9.03 Å².